The average molecular weight is 386 g/mol. The second-order valence-corrected chi connectivity index (χ2v) is 7.77. The van der Waals surface area contributed by atoms with E-state index in [9.17, 15) is 9.90 Å². The maximum Gasteiger partial charge on any atom is 0.307 e. The molecular weight excluding hydrogens is 360 g/mol. The number of benzene rings is 2. The number of rotatable bonds is 5. The maximum absolute atomic E-state index is 11.6. The Kier molecular flexibility index (Phi) is 5.72. The summed E-state index contributed by atoms with van der Waals surface area (Å²) in [6.07, 6.45) is 1.63. The zero-order chi connectivity index (χ0) is 20.2. The molecule has 0 radical (unpaired) electrons. The number of hydrogen-bond donors (Lipinski definition) is 1. The van der Waals surface area contributed by atoms with Gasteiger partial charge in [-0.2, -0.15) is 0 Å². The molecule has 0 saturated carbocycles. The van der Waals surface area contributed by atoms with E-state index >= 15 is 0 Å². The van der Waals surface area contributed by atoms with Crippen LogP contribution in [0.1, 0.15) is 35.8 Å². The molecule has 3 aromatic rings. The molecule has 1 fully saturated rings. The van der Waals surface area contributed by atoms with Crippen molar-refractivity contribution in [3.63, 3.8) is 0 Å². The van der Waals surface area contributed by atoms with Crippen molar-refractivity contribution in [1.29, 1.82) is 0 Å². The summed E-state index contributed by atoms with van der Waals surface area (Å²) in [5, 5.41) is 9.54. The number of carbonyl (C=O) groups is 1. The van der Waals surface area contributed by atoms with Gasteiger partial charge in [0, 0.05) is 12.2 Å². The smallest absolute Gasteiger partial charge is 0.307 e. The van der Waals surface area contributed by atoms with Crippen LogP contribution in [0.15, 0.2) is 72.8 Å². The number of piperidine rings is 1. The van der Waals surface area contributed by atoms with E-state index in [4.69, 9.17) is 4.98 Å². The molecule has 2 atom stereocenters. The van der Waals surface area contributed by atoms with Crippen LogP contribution in [0.2, 0.25) is 0 Å². The van der Waals surface area contributed by atoms with Gasteiger partial charge in [-0.15, -0.1) is 0 Å². The molecule has 148 valence electrons. The summed E-state index contributed by atoms with van der Waals surface area (Å²) >= 11 is 0. The SMILES string of the molecule is Cc1cccc(C(c2ccc(-c3ccccc3)cc2)N2CCCC(C(=O)O)C2)n1. The quantitative estimate of drug-likeness (QED) is 0.675. The number of carboxylic acid groups (broad SMARTS) is 1. The van der Waals surface area contributed by atoms with Crippen LogP contribution < -0.4 is 0 Å². The molecule has 1 aromatic heterocycles. The highest BCUT2D eigenvalue weighted by molar-refractivity contribution is 5.70. The molecular formula is C25H26N2O2. The van der Waals surface area contributed by atoms with Crippen molar-refractivity contribution in [1.82, 2.24) is 9.88 Å². The predicted octanol–water partition coefficient (Wildman–Crippen LogP) is 4.94. The first kappa shape index (κ1) is 19.3. The van der Waals surface area contributed by atoms with E-state index in [1.54, 1.807) is 0 Å². The maximum atomic E-state index is 11.6. The molecule has 4 nitrogen and oxygen atoms in total. The lowest BCUT2D eigenvalue weighted by Crippen LogP contribution is -2.41. The number of hydrogen-bond acceptors (Lipinski definition) is 3. The molecule has 2 unspecified atom stereocenters. The first-order valence-electron chi connectivity index (χ1n) is 10.2. The van der Waals surface area contributed by atoms with E-state index < -0.39 is 5.97 Å². The van der Waals surface area contributed by atoms with Crippen molar-refractivity contribution < 1.29 is 9.90 Å². The molecule has 0 aliphatic carbocycles. The molecule has 4 rings (SSSR count). The van der Waals surface area contributed by atoms with Crippen LogP contribution >= 0.6 is 0 Å². The van der Waals surface area contributed by atoms with Crippen molar-refractivity contribution in [2.75, 3.05) is 13.1 Å². The van der Waals surface area contributed by atoms with E-state index in [2.05, 4.69) is 41.3 Å². The molecule has 1 aliphatic rings. The van der Waals surface area contributed by atoms with Gasteiger partial charge in [0.2, 0.25) is 0 Å². The number of carboxylic acids is 1. The second-order valence-electron chi connectivity index (χ2n) is 7.77. The third-order valence-electron chi connectivity index (χ3n) is 5.69. The number of pyridine rings is 1. The van der Waals surface area contributed by atoms with Gasteiger partial charge in [0.15, 0.2) is 0 Å². The number of nitrogens with zero attached hydrogens (tertiary/aromatic N) is 2. The first-order chi connectivity index (χ1) is 14.1. The van der Waals surface area contributed by atoms with Crippen molar-refractivity contribution in [2.24, 2.45) is 5.92 Å². The van der Waals surface area contributed by atoms with Gasteiger partial charge in [0.25, 0.3) is 0 Å². The molecule has 2 aromatic carbocycles. The predicted molar refractivity (Wildman–Crippen MR) is 115 cm³/mol. The zero-order valence-electron chi connectivity index (χ0n) is 16.7. The summed E-state index contributed by atoms with van der Waals surface area (Å²) in [4.78, 5) is 18.7. The Hall–Kier alpha value is -2.98. The van der Waals surface area contributed by atoms with Crippen LogP contribution in [0.3, 0.4) is 0 Å². The first-order valence-corrected chi connectivity index (χ1v) is 10.2. The van der Waals surface area contributed by atoms with Gasteiger partial charge in [0.05, 0.1) is 17.7 Å². The average Bonchev–Trinajstić information content (AvgIpc) is 2.75. The molecule has 29 heavy (non-hydrogen) atoms. The fourth-order valence-corrected chi connectivity index (χ4v) is 4.22. The highest BCUT2D eigenvalue weighted by atomic mass is 16.4. The zero-order valence-corrected chi connectivity index (χ0v) is 16.7. The third kappa shape index (κ3) is 4.38. The van der Waals surface area contributed by atoms with Crippen LogP contribution in [0.4, 0.5) is 0 Å². The van der Waals surface area contributed by atoms with Crippen LogP contribution in [0, 0.1) is 12.8 Å². The molecule has 0 amide bonds. The largest absolute Gasteiger partial charge is 0.481 e. The van der Waals surface area contributed by atoms with Crippen molar-refractivity contribution in [3.05, 3.63) is 89.7 Å². The van der Waals surface area contributed by atoms with E-state index in [0.717, 1.165) is 36.3 Å². The lowest BCUT2D eigenvalue weighted by Gasteiger charge is -2.37. The van der Waals surface area contributed by atoms with Crippen LogP contribution in [-0.2, 0) is 4.79 Å². The highest BCUT2D eigenvalue weighted by Gasteiger charge is 2.31. The lowest BCUT2D eigenvalue weighted by atomic mass is 9.92. The minimum absolute atomic E-state index is 0.0399. The summed E-state index contributed by atoms with van der Waals surface area (Å²) in [5.41, 5.74) is 5.46. The van der Waals surface area contributed by atoms with E-state index in [1.807, 2.05) is 43.3 Å². The Morgan fingerprint density at radius 1 is 1.00 bits per heavy atom. The Morgan fingerprint density at radius 3 is 2.41 bits per heavy atom. The number of aliphatic carboxylic acids is 1. The Morgan fingerprint density at radius 2 is 1.72 bits per heavy atom. The molecule has 1 aliphatic heterocycles. The topological polar surface area (TPSA) is 53.4 Å². The molecule has 0 bridgehead atoms. The van der Waals surface area contributed by atoms with Gasteiger partial charge in [-0.1, -0.05) is 60.7 Å². The lowest BCUT2D eigenvalue weighted by molar-refractivity contribution is -0.143. The summed E-state index contributed by atoms with van der Waals surface area (Å²) < 4.78 is 0. The van der Waals surface area contributed by atoms with Crippen molar-refractivity contribution in [2.45, 2.75) is 25.8 Å². The Bertz CT molecular complexity index is 970. The number of aromatic nitrogens is 1. The Labute approximate surface area is 171 Å². The number of likely N-dealkylation sites (tertiary alicyclic amines) is 1. The molecule has 1 N–H and O–H groups in total. The highest BCUT2D eigenvalue weighted by Crippen LogP contribution is 2.33. The summed E-state index contributed by atoms with van der Waals surface area (Å²) in [6, 6.07) is 25.0. The molecule has 2 heterocycles. The standard InChI is InChI=1S/C25H26N2O2/c1-18-7-5-11-23(26-18)24(27-16-6-10-22(17-27)25(28)29)21-14-12-20(13-15-21)19-8-3-2-4-9-19/h2-5,7-9,11-15,22,24H,6,10,16-17H2,1H3,(H,28,29). The Balaban J connectivity index is 1.69. The minimum Gasteiger partial charge on any atom is -0.481 e. The minimum atomic E-state index is -0.704. The van der Waals surface area contributed by atoms with E-state index in [1.165, 1.54) is 11.1 Å². The number of aryl methyl sites for hydroxylation is 1. The van der Waals surface area contributed by atoms with Gasteiger partial charge in [-0.25, -0.2) is 0 Å². The van der Waals surface area contributed by atoms with Crippen LogP contribution in [-0.4, -0.2) is 34.0 Å². The van der Waals surface area contributed by atoms with E-state index in [0.29, 0.717) is 6.54 Å². The molecule has 1 saturated heterocycles. The fourth-order valence-electron chi connectivity index (χ4n) is 4.22. The summed E-state index contributed by atoms with van der Waals surface area (Å²) in [6.45, 7) is 3.43. The summed E-state index contributed by atoms with van der Waals surface area (Å²) in [7, 11) is 0. The fraction of sp³-hybridized carbons (Fsp3) is 0.280. The van der Waals surface area contributed by atoms with Gasteiger partial charge in [0.1, 0.15) is 0 Å². The van der Waals surface area contributed by atoms with Crippen molar-refractivity contribution in [3.8, 4) is 11.1 Å². The van der Waals surface area contributed by atoms with Crippen LogP contribution in [0.5, 0.6) is 0 Å². The molecule has 4 heteroatoms. The van der Waals surface area contributed by atoms with Crippen molar-refractivity contribution >= 4 is 5.97 Å². The van der Waals surface area contributed by atoms with E-state index in [-0.39, 0.29) is 12.0 Å². The summed E-state index contributed by atoms with van der Waals surface area (Å²) in [5.74, 6) is -1.02. The monoisotopic (exact) mass is 386 g/mol. The van der Waals surface area contributed by atoms with Gasteiger partial charge in [-0.05, 0) is 55.1 Å². The van der Waals surface area contributed by atoms with Gasteiger partial charge >= 0.3 is 5.97 Å². The molecule has 0 spiro atoms. The van der Waals surface area contributed by atoms with Gasteiger partial charge in [-0.3, -0.25) is 14.7 Å². The van der Waals surface area contributed by atoms with Crippen LogP contribution in [0.25, 0.3) is 11.1 Å². The second kappa shape index (κ2) is 8.58. The van der Waals surface area contributed by atoms with Gasteiger partial charge < -0.3 is 5.11 Å². The third-order valence-corrected chi connectivity index (χ3v) is 5.69. The normalized spacial score (nSPS) is 18.3.